The summed E-state index contributed by atoms with van der Waals surface area (Å²) < 4.78 is 13.1. The third-order valence-corrected chi connectivity index (χ3v) is 6.57. The lowest BCUT2D eigenvalue weighted by atomic mass is 10.0. The van der Waals surface area contributed by atoms with Gasteiger partial charge in [-0.1, -0.05) is 36.2 Å². The van der Waals surface area contributed by atoms with E-state index in [-0.39, 0.29) is 5.97 Å². The Labute approximate surface area is 193 Å². The van der Waals surface area contributed by atoms with Crippen molar-refractivity contribution in [2.75, 3.05) is 6.61 Å². The van der Waals surface area contributed by atoms with E-state index in [9.17, 15) is 4.79 Å². The zero-order valence-corrected chi connectivity index (χ0v) is 19.2. The van der Waals surface area contributed by atoms with Crippen LogP contribution in [0, 0.1) is 6.92 Å². The average molecular weight is 444 g/mol. The molecule has 0 aliphatic heterocycles. The van der Waals surface area contributed by atoms with Crippen LogP contribution in [-0.2, 0) is 16.0 Å². The highest BCUT2D eigenvalue weighted by molar-refractivity contribution is 5.84. The van der Waals surface area contributed by atoms with Crippen molar-refractivity contribution in [2.24, 2.45) is 0 Å². The standard InChI is InChI=1S/C27H29N3O3/c1-3-32-25(31)13-9-19-8-11-23(18(2)16-19)26-28-27(33-29-26)21-10-12-24-20(17-21)14-15-30(24)22-6-4-5-7-22/h8,10-12,14-17,22H,3-7,9,13H2,1-2H3. The first kappa shape index (κ1) is 21.4. The Balaban J connectivity index is 1.34. The van der Waals surface area contributed by atoms with Crippen LogP contribution in [-0.4, -0.2) is 27.3 Å². The lowest BCUT2D eigenvalue weighted by Gasteiger charge is -2.13. The van der Waals surface area contributed by atoms with Gasteiger partial charge in [0.05, 0.1) is 6.61 Å². The van der Waals surface area contributed by atoms with E-state index in [0.717, 1.165) is 22.3 Å². The maximum atomic E-state index is 11.6. The Hall–Kier alpha value is -3.41. The molecule has 0 bridgehead atoms. The first-order valence-electron chi connectivity index (χ1n) is 11.8. The number of aromatic nitrogens is 3. The summed E-state index contributed by atoms with van der Waals surface area (Å²) in [6.45, 7) is 4.26. The van der Waals surface area contributed by atoms with Crippen LogP contribution in [0.2, 0.25) is 0 Å². The summed E-state index contributed by atoms with van der Waals surface area (Å²) in [7, 11) is 0. The second kappa shape index (κ2) is 9.22. The smallest absolute Gasteiger partial charge is 0.306 e. The van der Waals surface area contributed by atoms with E-state index >= 15 is 0 Å². The lowest BCUT2D eigenvalue weighted by Crippen LogP contribution is -2.05. The van der Waals surface area contributed by atoms with Crippen molar-refractivity contribution in [3.8, 4) is 22.8 Å². The minimum atomic E-state index is -0.169. The fourth-order valence-corrected chi connectivity index (χ4v) is 4.86. The molecule has 1 aliphatic carbocycles. The predicted molar refractivity (Wildman–Crippen MR) is 128 cm³/mol. The molecule has 2 aromatic carbocycles. The second-order valence-electron chi connectivity index (χ2n) is 8.81. The van der Waals surface area contributed by atoms with E-state index < -0.39 is 0 Å². The minimum Gasteiger partial charge on any atom is -0.466 e. The van der Waals surface area contributed by atoms with Crippen molar-refractivity contribution in [1.29, 1.82) is 0 Å². The molecule has 0 spiro atoms. The predicted octanol–water partition coefficient (Wildman–Crippen LogP) is 6.28. The molecule has 5 rings (SSSR count). The fraction of sp³-hybridized carbons (Fsp3) is 0.370. The van der Waals surface area contributed by atoms with Crippen LogP contribution >= 0.6 is 0 Å². The molecule has 6 nitrogen and oxygen atoms in total. The molecule has 1 saturated carbocycles. The monoisotopic (exact) mass is 443 g/mol. The van der Waals surface area contributed by atoms with Gasteiger partial charge in [-0.05, 0) is 68.5 Å². The topological polar surface area (TPSA) is 70.2 Å². The Morgan fingerprint density at radius 2 is 2.00 bits per heavy atom. The van der Waals surface area contributed by atoms with Gasteiger partial charge in [-0.25, -0.2) is 0 Å². The molecule has 0 atom stereocenters. The van der Waals surface area contributed by atoms with Gasteiger partial charge in [-0.2, -0.15) is 4.98 Å². The third-order valence-electron chi connectivity index (χ3n) is 6.57. The Kier molecular flexibility index (Phi) is 5.99. The molecule has 4 aromatic rings. The molecule has 0 N–H and O–H groups in total. The van der Waals surface area contributed by atoms with Gasteiger partial charge in [0.1, 0.15) is 0 Å². The Morgan fingerprint density at radius 3 is 2.79 bits per heavy atom. The van der Waals surface area contributed by atoms with Crippen molar-refractivity contribution >= 4 is 16.9 Å². The number of fused-ring (bicyclic) bond motifs is 1. The van der Waals surface area contributed by atoms with Crippen LogP contribution in [0.1, 0.15) is 56.2 Å². The molecule has 6 heteroatoms. The molecule has 1 fully saturated rings. The summed E-state index contributed by atoms with van der Waals surface area (Å²) in [4.78, 5) is 16.3. The lowest BCUT2D eigenvalue weighted by molar-refractivity contribution is -0.143. The number of hydrogen-bond donors (Lipinski definition) is 0. The van der Waals surface area contributed by atoms with E-state index in [1.54, 1.807) is 0 Å². The minimum absolute atomic E-state index is 0.169. The number of nitrogens with zero attached hydrogens (tertiary/aromatic N) is 3. The van der Waals surface area contributed by atoms with Gasteiger partial charge in [-0.15, -0.1) is 0 Å². The van der Waals surface area contributed by atoms with Crippen LogP contribution in [0.5, 0.6) is 0 Å². The van der Waals surface area contributed by atoms with E-state index in [1.807, 2.05) is 26.0 Å². The van der Waals surface area contributed by atoms with Crippen LogP contribution < -0.4 is 0 Å². The van der Waals surface area contributed by atoms with Gasteiger partial charge in [0.15, 0.2) is 0 Å². The number of aryl methyl sites for hydroxylation is 2. The van der Waals surface area contributed by atoms with Crippen molar-refractivity contribution in [2.45, 2.75) is 58.4 Å². The number of carbonyl (C=O) groups excluding carboxylic acids is 1. The number of benzene rings is 2. The number of hydrogen-bond acceptors (Lipinski definition) is 5. The van der Waals surface area contributed by atoms with Crippen molar-refractivity contribution in [1.82, 2.24) is 14.7 Å². The molecule has 1 aliphatic rings. The fourth-order valence-electron chi connectivity index (χ4n) is 4.86. The molecule has 170 valence electrons. The molecular formula is C27H29N3O3. The van der Waals surface area contributed by atoms with Crippen molar-refractivity contribution < 1.29 is 14.1 Å². The molecule has 0 saturated heterocycles. The average Bonchev–Trinajstić information content (AvgIpc) is 3.58. The molecule has 0 amide bonds. The van der Waals surface area contributed by atoms with E-state index in [4.69, 9.17) is 9.26 Å². The number of rotatable bonds is 7. The van der Waals surface area contributed by atoms with Crippen LogP contribution in [0.25, 0.3) is 33.7 Å². The Bertz CT molecular complexity index is 1280. The Morgan fingerprint density at radius 1 is 1.15 bits per heavy atom. The van der Waals surface area contributed by atoms with E-state index in [1.165, 1.54) is 36.6 Å². The zero-order chi connectivity index (χ0) is 22.8. The van der Waals surface area contributed by atoms with Crippen LogP contribution in [0.4, 0.5) is 0 Å². The normalized spacial score (nSPS) is 14.2. The van der Waals surface area contributed by atoms with Crippen molar-refractivity contribution in [3.05, 3.63) is 59.8 Å². The summed E-state index contributed by atoms with van der Waals surface area (Å²) in [5, 5.41) is 5.43. The number of carbonyl (C=O) groups is 1. The molecule has 33 heavy (non-hydrogen) atoms. The second-order valence-corrected chi connectivity index (χ2v) is 8.81. The van der Waals surface area contributed by atoms with Crippen LogP contribution in [0.3, 0.4) is 0 Å². The van der Waals surface area contributed by atoms with Gasteiger partial charge < -0.3 is 13.8 Å². The first-order valence-corrected chi connectivity index (χ1v) is 11.8. The highest BCUT2D eigenvalue weighted by atomic mass is 16.5. The molecular weight excluding hydrogens is 414 g/mol. The number of ether oxygens (including phenoxy) is 1. The molecule has 0 unspecified atom stereocenters. The van der Waals surface area contributed by atoms with Crippen molar-refractivity contribution in [3.63, 3.8) is 0 Å². The van der Waals surface area contributed by atoms with Gasteiger partial charge in [-0.3, -0.25) is 4.79 Å². The van der Waals surface area contributed by atoms with Crippen LogP contribution in [0.15, 0.2) is 53.2 Å². The van der Waals surface area contributed by atoms with Gasteiger partial charge in [0.2, 0.25) is 5.82 Å². The summed E-state index contributed by atoms with van der Waals surface area (Å²) in [5.74, 6) is 0.923. The first-order chi connectivity index (χ1) is 16.1. The summed E-state index contributed by atoms with van der Waals surface area (Å²) in [5.41, 5.74) is 5.25. The van der Waals surface area contributed by atoms with Gasteiger partial charge in [0.25, 0.3) is 5.89 Å². The third kappa shape index (κ3) is 4.42. The quantitative estimate of drug-likeness (QED) is 0.315. The van der Waals surface area contributed by atoms with E-state index in [0.29, 0.717) is 37.2 Å². The highest BCUT2D eigenvalue weighted by Crippen LogP contribution is 2.34. The molecule has 0 radical (unpaired) electrons. The molecule has 2 aromatic heterocycles. The SMILES string of the molecule is CCOC(=O)CCc1ccc(-c2noc(-c3ccc4c(ccn4C4CCCC4)c3)n2)c(C)c1. The highest BCUT2D eigenvalue weighted by Gasteiger charge is 2.19. The molecule has 2 heterocycles. The largest absolute Gasteiger partial charge is 0.466 e. The number of esters is 1. The summed E-state index contributed by atoms with van der Waals surface area (Å²) in [6.07, 6.45) is 8.40. The summed E-state index contributed by atoms with van der Waals surface area (Å²) in [6, 6.07) is 15.2. The zero-order valence-electron chi connectivity index (χ0n) is 19.2. The maximum Gasteiger partial charge on any atom is 0.306 e. The van der Waals surface area contributed by atoms with Gasteiger partial charge in [0, 0.05) is 40.7 Å². The van der Waals surface area contributed by atoms with Gasteiger partial charge >= 0.3 is 5.97 Å². The maximum absolute atomic E-state index is 11.6. The summed E-state index contributed by atoms with van der Waals surface area (Å²) >= 11 is 0. The van der Waals surface area contributed by atoms with E-state index in [2.05, 4.69) is 51.2 Å².